The summed E-state index contributed by atoms with van der Waals surface area (Å²) in [6.07, 6.45) is 0.435. The minimum atomic E-state index is -0.718. The van der Waals surface area contributed by atoms with Gasteiger partial charge in [0.15, 0.2) is 0 Å². The van der Waals surface area contributed by atoms with Crippen molar-refractivity contribution in [3.63, 3.8) is 0 Å². The second-order valence-corrected chi connectivity index (χ2v) is 8.36. The molecule has 0 radical (unpaired) electrons. The Bertz CT molecular complexity index is 1160. The molecule has 1 fully saturated rings. The van der Waals surface area contributed by atoms with Crippen molar-refractivity contribution < 1.29 is 19.1 Å². The highest BCUT2D eigenvalue weighted by molar-refractivity contribution is 6.00. The van der Waals surface area contributed by atoms with E-state index in [0.29, 0.717) is 29.6 Å². The van der Waals surface area contributed by atoms with E-state index in [1.807, 2.05) is 0 Å². The zero-order valence-electron chi connectivity index (χ0n) is 18.1. The number of aromatic nitrogens is 2. The third-order valence-electron chi connectivity index (χ3n) is 4.76. The van der Waals surface area contributed by atoms with Gasteiger partial charge in [0, 0.05) is 32.0 Å². The number of amides is 3. The van der Waals surface area contributed by atoms with Crippen LogP contribution in [-0.2, 0) is 21.4 Å². The molecule has 0 spiro atoms. The van der Waals surface area contributed by atoms with E-state index in [9.17, 15) is 19.2 Å². The number of piperidine rings is 1. The molecule has 1 aromatic carbocycles. The molecule has 0 bridgehead atoms. The number of aryl methyl sites for hydroxylation is 1. The lowest BCUT2D eigenvalue weighted by molar-refractivity contribution is -0.135. The van der Waals surface area contributed by atoms with Crippen molar-refractivity contribution in [3.8, 4) is 11.8 Å². The standard InChI is InChI=1S/C22H26N4O5/c1-22(2,3)31-20(29)23-12-6-5-7-14-8-9-15-17(13-14)25(4)21(30)26(15)16-10-11-18(27)24-19(16)28/h8-9,13,16H,6,10-12H2,1-4H3,(H,23,29)(H,24,27,28). The number of fused-ring (bicyclic) bond motifs is 1. The van der Waals surface area contributed by atoms with Crippen LogP contribution < -0.4 is 16.3 Å². The van der Waals surface area contributed by atoms with Gasteiger partial charge in [0.05, 0.1) is 11.0 Å². The van der Waals surface area contributed by atoms with Gasteiger partial charge in [0.25, 0.3) is 0 Å². The van der Waals surface area contributed by atoms with Crippen LogP contribution in [0, 0.1) is 11.8 Å². The van der Waals surface area contributed by atoms with Crippen LogP contribution in [-0.4, -0.2) is 39.2 Å². The second kappa shape index (κ2) is 8.68. The highest BCUT2D eigenvalue weighted by Crippen LogP contribution is 2.23. The van der Waals surface area contributed by atoms with Gasteiger partial charge < -0.3 is 10.1 Å². The summed E-state index contributed by atoms with van der Waals surface area (Å²) < 4.78 is 8.06. The number of alkyl carbamates (subject to hydrolysis) is 1. The maximum absolute atomic E-state index is 12.8. The van der Waals surface area contributed by atoms with Gasteiger partial charge in [-0.25, -0.2) is 9.59 Å². The molecule has 1 saturated heterocycles. The van der Waals surface area contributed by atoms with Crippen LogP contribution in [0.3, 0.4) is 0 Å². The van der Waals surface area contributed by atoms with Crippen LogP contribution in [0.2, 0.25) is 0 Å². The first-order valence-corrected chi connectivity index (χ1v) is 10.1. The molecular weight excluding hydrogens is 400 g/mol. The highest BCUT2D eigenvalue weighted by atomic mass is 16.6. The van der Waals surface area contributed by atoms with Crippen molar-refractivity contribution in [2.45, 2.75) is 51.7 Å². The quantitative estimate of drug-likeness (QED) is 0.440. The smallest absolute Gasteiger partial charge is 0.407 e. The van der Waals surface area contributed by atoms with Crippen molar-refractivity contribution in [1.82, 2.24) is 19.8 Å². The van der Waals surface area contributed by atoms with E-state index in [4.69, 9.17) is 4.74 Å². The third kappa shape index (κ3) is 5.15. The molecule has 9 nitrogen and oxygen atoms in total. The SMILES string of the molecule is Cn1c(=O)n(C2CCC(=O)NC2=O)c2ccc(C#CCCNC(=O)OC(C)(C)C)cc21. The lowest BCUT2D eigenvalue weighted by Crippen LogP contribution is -2.44. The highest BCUT2D eigenvalue weighted by Gasteiger charge is 2.31. The molecule has 2 N–H and O–H groups in total. The summed E-state index contributed by atoms with van der Waals surface area (Å²) in [4.78, 5) is 48.0. The molecule has 1 aromatic heterocycles. The summed E-state index contributed by atoms with van der Waals surface area (Å²) in [5.41, 5.74) is 1.09. The number of carbonyl (C=O) groups is 3. The van der Waals surface area contributed by atoms with Crippen molar-refractivity contribution >= 4 is 28.9 Å². The molecule has 2 heterocycles. The van der Waals surface area contributed by atoms with Crippen molar-refractivity contribution in [2.24, 2.45) is 7.05 Å². The van der Waals surface area contributed by atoms with Gasteiger partial charge in [0.2, 0.25) is 11.8 Å². The van der Waals surface area contributed by atoms with E-state index in [2.05, 4.69) is 22.5 Å². The van der Waals surface area contributed by atoms with Gasteiger partial charge >= 0.3 is 11.8 Å². The number of benzene rings is 1. The van der Waals surface area contributed by atoms with Crippen molar-refractivity contribution in [3.05, 3.63) is 34.2 Å². The zero-order chi connectivity index (χ0) is 22.8. The fraction of sp³-hybridized carbons (Fsp3) is 0.455. The molecule has 31 heavy (non-hydrogen) atoms. The van der Waals surface area contributed by atoms with E-state index in [0.717, 1.165) is 0 Å². The number of rotatable bonds is 3. The summed E-state index contributed by atoms with van der Waals surface area (Å²) in [6, 6.07) is 4.60. The molecule has 3 amide bonds. The zero-order valence-corrected chi connectivity index (χ0v) is 18.1. The molecule has 0 saturated carbocycles. The molecule has 1 atom stereocenters. The van der Waals surface area contributed by atoms with Crippen LogP contribution in [0.25, 0.3) is 11.0 Å². The molecule has 1 aliphatic rings. The second-order valence-electron chi connectivity index (χ2n) is 8.36. The Balaban J connectivity index is 1.73. The monoisotopic (exact) mass is 426 g/mol. The lowest BCUT2D eigenvalue weighted by atomic mass is 10.1. The van der Waals surface area contributed by atoms with Crippen LogP contribution in [0.1, 0.15) is 51.6 Å². The molecular formula is C22H26N4O5. The summed E-state index contributed by atoms with van der Waals surface area (Å²) in [5.74, 6) is 5.21. The number of hydrogen-bond donors (Lipinski definition) is 2. The Morgan fingerprint density at radius 1 is 1.26 bits per heavy atom. The Labute approximate surface area is 179 Å². The van der Waals surface area contributed by atoms with E-state index in [-0.39, 0.29) is 24.4 Å². The first-order chi connectivity index (χ1) is 14.6. The number of nitrogens with zero attached hydrogens (tertiary/aromatic N) is 2. The average molecular weight is 426 g/mol. The predicted molar refractivity (Wildman–Crippen MR) is 114 cm³/mol. The Kier molecular flexibility index (Phi) is 6.20. The third-order valence-corrected chi connectivity index (χ3v) is 4.76. The van der Waals surface area contributed by atoms with E-state index < -0.39 is 23.6 Å². The molecule has 9 heteroatoms. The Morgan fingerprint density at radius 2 is 2.00 bits per heavy atom. The number of ether oxygens (including phenoxy) is 1. The van der Waals surface area contributed by atoms with Gasteiger partial charge in [-0.2, -0.15) is 0 Å². The summed E-state index contributed by atoms with van der Waals surface area (Å²) in [6.45, 7) is 5.74. The van der Waals surface area contributed by atoms with Gasteiger partial charge in [-0.05, 0) is 45.4 Å². The van der Waals surface area contributed by atoms with E-state index in [1.54, 1.807) is 46.0 Å². The Morgan fingerprint density at radius 3 is 2.68 bits per heavy atom. The first kappa shape index (κ1) is 22.2. The topological polar surface area (TPSA) is 111 Å². The van der Waals surface area contributed by atoms with E-state index in [1.165, 1.54) is 9.13 Å². The molecule has 3 rings (SSSR count). The van der Waals surface area contributed by atoms with Gasteiger partial charge in [0.1, 0.15) is 11.6 Å². The molecule has 0 aliphatic carbocycles. The fourth-order valence-electron chi connectivity index (χ4n) is 3.38. The van der Waals surface area contributed by atoms with Crippen molar-refractivity contribution in [2.75, 3.05) is 6.54 Å². The first-order valence-electron chi connectivity index (χ1n) is 10.1. The number of nitrogens with one attached hydrogen (secondary N) is 2. The Hall–Kier alpha value is -3.54. The van der Waals surface area contributed by atoms with Gasteiger partial charge in [-0.1, -0.05) is 11.8 Å². The predicted octanol–water partition coefficient (Wildman–Crippen LogP) is 1.58. The lowest BCUT2D eigenvalue weighted by Gasteiger charge is -2.21. The van der Waals surface area contributed by atoms with E-state index >= 15 is 0 Å². The minimum absolute atomic E-state index is 0.195. The molecule has 164 valence electrons. The number of carbonyl (C=O) groups excluding carboxylic acids is 3. The van der Waals surface area contributed by atoms with Crippen LogP contribution in [0.5, 0.6) is 0 Å². The maximum atomic E-state index is 12.8. The molecule has 2 aromatic rings. The number of imide groups is 1. The van der Waals surface area contributed by atoms with Crippen LogP contribution >= 0.6 is 0 Å². The number of imidazole rings is 1. The van der Waals surface area contributed by atoms with Gasteiger partial charge in [-0.3, -0.25) is 24.0 Å². The molecule has 1 aliphatic heterocycles. The van der Waals surface area contributed by atoms with Gasteiger partial charge in [-0.15, -0.1) is 0 Å². The average Bonchev–Trinajstić information content (AvgIpc) is 2.91. The van der Waals surface area contributed by atoms with Crippen LogP contribution in [0.15, 0.2) is 23.0 Å². The fourth-order valence-corrected chi connectivity index (χ4v) is 3.38. The maximum Gasteiger partial charge on any atom is 0.407 e. The summed E-state index contributed by atoms with van der Waals surface area (Å²) >= 11 is 0. The largest absolute Gasteiger partial charge is 0.444 e. The van der Waals surface area contributed by atoms with Crippen LogP contribution in [0.4, 0.5) is 4.79 Å². The van der Waals surface area contributed by atoms with Crippen molar-refractivity contribution in [1.29, 1.82) is 0 Å². The normalized spacial score (nSPS) is 16.5. The summed E-state index contributed by atoms with van der Waals surface area (Å²) in [5, 5.41) is 4.94. The molecule has 1 unspecified atom stereocenters. The summed E-state index contributed by atoms with van der Waals surface area (Å²) in [7, 11) is 1.63. The number of hydrogen-bond acceptors (Lipinski definition) is 5. The minimum Gasteiger partial charge on any atom is -0.444 e.